The van der Waals surface area contributed by atoms with Crippen LogP contribution in [-0.2, 0) is 0 Å². The van der Waals surface area contributed by atoms with E-state index in [4.69, 9.17) is 10.00 Å². The van der Waals surface area contributed by atoms with Crippen molar-refractivity contribution >= 4 is 5.91 Å². The van der Waals surface area contributed by atoms with E-state index in [9.17, 15) is 4.79 Å². The summed E-state index contributed by atoms with van der Waals surface area (Å²) in [6, 6.07) is 9.46. The highest BCUT2D eigenvalue weighted by molar-refractivity contribution is 5.97. The van der Waals surface area contributed by atoms with Crippen LogP contribution in [0.4, 0.5) is 0 Å². The summed E-state index contributed by atoms with van der Waals surface area (Å²) in [5, 5.41) is 8.94. The van der Waals surface area contributed by atoms with Gasteiger partial charge >= 0.3 is 0 Å². The van der Waals surface area contributed by atoms with Crippen LogP contribution < -0.4 is 4.74 Å². The Morgan fingerprint density at radius 2 is 2.11 bits per heavy atom. The first kappa shape index (κ1) is 13.4. The highest BCUT2D eigenvalue weighted by Gasteiger charge is 2.28. The molecule has 0 unspecified atom stereocenters. The summed E-state index contributed by atoms with van der Waals surface area (Å²) in [4.78, 5) is 14.3. The average molecular weight is 258 g/mol. The number of nitrogens with zero attached hydrogens (tertiary/aromatic N) is 2. The van der Waals surface area contributed by atoms with Crippen molar-refractivity contribution in [2.75, 3.05) is 13.7 Å². The van der Waals surface area contributed by atoms with Crippen molar-refractivity contribution in [1.29, 1.82) is 5.26 Å². The number of hydrogen-bond acceptors (Lipinski definition) is 3. The van der Waals surface area contributed by atoms with E-state index >= 15 is 0 Å². The first-order valence-corrected chi connectivity index (χ1v) is 6.59. The molecule has 1 saturated carbocycles. The Kier molecular flexibility index (Phi) is 4.40. The second kappa shape index (κ2) is 6.24. The van der Waals surface area contributed by atoms with Crippen molar-refractivity contribution < 1.29 is 9.53 Å². The Labute approximate surface area is 113 Å². The second-order valence-corrected chi connectivity index (χ2v) is 4.73. The second-order valence-electron chi connectivity index (χ2n) is 4.73. The van der Waals surface area contributed by atoms with Crippen molar-refractivity contribution in [3.63, 3.8) is 0 Å². The third kappa shape index (κ3) is 2.87. The van der Waals surface area contributed by atoms with Gasteiger partial charge in [0.05, 0.1) is 18.7 Å². The number of rotatable bonds is 4. The maximum atomic E-state index is 12.6. The molecule has 1 aliphatic rings. The lowest BCUT2D eigenvalue weighted by Gasteiger charge is -2.27. The molecule has 1 aromatic carbocycles. The zero-order valence-corrected chi connectivity index (χ0v) is 11.1. The molecule has 0 bridgehead atoms. The van der Waals surface area contributed by atoms with Crippen LogP contribution in [0.3, 0.4) is 0 Å². The summed E-state index contributed by atoms with van der Waals surface area (Å²) >= 11 is 0. The predicted octanol–water partition coefficient (Wildman–Crippen LogP) is 2.60. The van der Waals surface area contributed by atoms with Gasteiger partial charge in [-0.2, -0.15) is 5.26 Å². The van der Waals surface area contributed by atoms with Crippen LogP contribution in [0.5, 0.6) is 5.75 Å². The molecule has 0 aliphatic heterocycles. The molecule has 1 amide bonds. The van der Waals surface area contributed by atoms with E-state index in [1.807, 2.05) is 12.1 Å². The fourth-order valence-electron chi connectivity index (χ4n) is 2.63. The first-order chi connectivity index (χ1) is 9.27. The molecule has 0 heterocycles. The quantitative estimate of drug-likeness (QED) is 0.780. The zero-order chi connectivity index (χ0) is 13.7. The van der Waals surface area contributed by atoms with Gasteiger partial charge in [-0.15, -0.1) is 0 Å². The van der Waals surface area contributed by atoms with Crippen LogP contribution in [0.1, 0.15) is 36.0 Å². The number of hydrogen-bond donors (Lipinski definition) is 0. The van der Waals surface area contributed by atoms with Crippen molar-refractivity contribution in [3.05, 3.63) is 29.8 Å². The molecule has 100 valence electrons. The van der Waals surface area contributed by atoms with Crippen LogP contribution in [0, 0.1) is 11.3 Å². The minimum atomic E-state index is -0.106. The van der Waals surface area contributed by atoms with E-state index in [2.05, 4.69) is 6.07 Å². The van der Waals surface area contributed by atoms with Crippen molar-refractivity contribution in [1.82, 2.24) is 4.90 Å². The average Bonchev–Trinajstić information content (AvgIpc) is 2.98. The summed E-state index contributed by atoms with van der Waals surface area (Å²) in [5.41, 5.74) is 0.534. The number of ether oxygens (including phenoxy) is 1. The smallest absolute Gasteiger partial charge is 0.258 e. The fourth-order valence-corrected chi connectivity index (χ4v) is 2.63. The lowest BCUT2D eigenvalue weighted by atomic mass is 10.1. The number of benzene rings is 1. The number of para-hydroxylation sites is 1. The van der Waals surface area contributed by atoms with Gasteiger partial charge in [-0.1, -0.05) is 25.0 Å². The zero-order valence-electron chi connectivity index (χ0n) is 11.1. The molecule has 0 spiro atoms. The molecule has 4 heteroatoms. The van der Waals surface area contributed by atoms with E-state index in [-0.39, 0.29) is 18.5 Å². The minimum absolute atomic E-state index is 0.106. The van der Waals surface area contributed by atoms with Gasteiger partial charge in [-0.05, 0) is 25.0 Å². The fraction of sp³-hybridized carbons (Fsp3) is 0.467. The molecular weight excluding hydrogens is 240 g/mol. The summed E-state index contributed by atoms with van der Waals surface area (Å²) in [6.45, 7) is 0.140. The Bertz CT molecular complexity index is 487. The van der Waals surface area contributed by atoms with Crippen molar-refractivity contribution in [2.24, 2.45) is 0 Å². The van der Waals surface area contributed by atoms with Crippen LogP contribution >= 0.6 is 0 Å². The number of amides is 1. The Morgan fingerprint density at radius 1 is 1.42 bits per heavy atom. The largest absolute Gasteiger partial charge is 0.496 e. The SMILES string of the molecule is COc1ccccc1C(=O)N(CC#N)C1CCCC1. The van der Waals surface area contributed by atoms with E-state index < -0.39 is 0 Å². The third-order valence-electron chi connectivity index (χ3n) is 3.60. The number of nitriles is 1. The number of methoxy groups -OCH3 is 1. The molecule has 4 nitrogen and oxygen atoms in total. The van der Waals surface area contributed by atoms with E-state index in [1.165, 1.54) is 0 Å². The summed E-state index contributed by atoms with van der Waals surface area (Å²) in [7, 11) is 1.55. The van der Waals surface area contributed by atoms with Gasteiger partial charge in [-0.3, -0.25) is 4.79 Å². The monoisotopic (exact) mass is 258 g/mol. The Hall–Kier alpha value is -2.02. The van der Waals surface area contributed by atoms with Gasteiger partial charge in [0.1, 0.15) is 12.3 Å². The summed E-state index contributed by atoms with van der Waals surface area (Å²) in [6.07, 6.45) is 4.24. The van der Waals surface area contributed by atoms with Crippen molar-refractivity contribution in [2.45, 2.75) is 31.7 Å². The molecule has 0 saturated heterocycles. The van der Waals surface area contributed by atoms with Crippen LogP contribution in [0.2, 0.25) is 0 Å². The molecule has 19 heavy (non-hydrogen) atoms. The first-order valence-electron chi connectivity index (χ1n) is 6.59. The molecule has 0 aromatic heterocycles. The number of carbonyl (C=O) groups is 1. The molecule has 2 rings (SSSR count). The van der Waals surface area contributed by atoms with Gasteiger partial charge in [0, 0.05) is 6.04 Å². The lowest BCUT2D eigenvalue weighted by molar-refractivity contribution is 0.0706. The van der Waals surface area contributed by atoms with E-state index in [0.717, 1.165) is 25.7 Å². The van der Waals surface area contributed by atoms with Crippen molar-refractivity contribution in [3.8, 4) is 11.8 Å². The lowest BCUT2D eigenvalue weighted by Crippen LogP contribution is -2.39. The normalized spacial score (nSPS) is 14.9. The highest BCUT2D eigenvalue weighted by atomic mass is 16.5. The summed E-state index contributed by atoms with van der Waals surface area (Å²) in [5.74, 6) is 0.458. The van der Waals surface area contributed by atoms with Gasteiger partial charge < -0.3 is 9.64 Å². The Balaban J connectivity index is 2.26. The van der Waals surface area contributed by atoms with Gasteiger partial charge in [0.2, 0.25) is 0 Å². The van der Waals surface area contributed by atoms with Crippen LogP contribution in [0.15, 0.2) is 24.3 Å². The standard InChI is InChI=1S/C15H18N2O2/c1-19-14-9-5-4-8-13(14)15(18)17(11-10-16)12-6-2-3-7-12/h4-5,8-9,12H,2-3,6-7,11H2,1H3. The summed E-state index contributed by atoms with van der Waals surface area (Å²) < 4.78 is 5.23. The number of carbonyl (C=O) groups excluding carboxylic acids is 1. The van der Waals surface area contributed by atoms with Crippen LogP contribution in [0.25, 0.3) is 0 Å². The molecule has 1 fully saturated rings. The molecule has 0 radical (unpaired) electrons. The Morgan fingerprint density at radius 3 is 2.74 bits per heavy atom. The van der Waals surface area contributed by atoms with Crippen LogP contribution in [-0.4, -0.2) is 30.5 Å². The topological polar surface area (TPSA) is 53.3 Å². The molecule has 1 aromatic rings. The third-order valence-corrected chi connectivity index (χ3v) is 3.60. The molecular formula is C15H18N2O2. The van der Waals surface area contributed by atoms with Gasteiger partial charge in [0.25, 0.3) is 5.91 Å². The highest BCUT2D eigenvalue weighted by Crippen LogP contribution is 2.27. The maximum Gasteiger partial charge on any atom is 0.258 e. The molecule has 0 atom stereocenters. The maximum absolute atomic E-state index is 12.6. The van der Waals surface area contributed by atoms with Gasteiger partial charge in [-0.25, -0.2) is 0 Å². The predicted molar refractivity (Wildman–Crippen MR) is 71.9 cm³/mol. The van der Waals surface area contributed by atoms with Gasteiger partial charge in [0.15, 0.2) is 0 Å². The minimum Gasteiger partial charge on any atom is -0.496 e. The van der Waals surface area contributed by atoms with E-state index in [0.29, 0.717) is 11.3 Å². The molecule has 0 N–H and O–H groups in total. The molecule has 1 aliphatic carbocycles. The van der Waals surface area contributed by atoms with E-state index in [1.54, 1.807) is 24.1 Å².